The van der Waals surface area contributed by atoms with Crippen molar-refractivity contribution in [1.82, 2.24) is 15.2 Å². The fraction of sp³-hybridized carbons (Fsp3) is 0.615. The molecule has 1 aromatic heterocycles. The van der Waals surface area contributed by atoms with Crippen LogP contribution < -0.4 is 5.32 Å². The minimum atomic E-state index is 0.177. The summed E-state index contributed by atoms with van der Waals surface area (Å²) in [4.78, 5) is 6.51. The van der Waals surface area contributed by atoms with Gasteiger partial charge in [-0.3, -0.25) is 4.98 Å². The van der Waals surface area contributed by atoms with Crippen LogP contribution in [-0.2, 0) is 6.54 Å². The van der Waals surface area contributed by atoms with Crippen LogP contribution in [0.3, 0.4) is 0 Å². The average Bonchev–Trinajstić information content (AvgIpc) is 2.20. The van der Waals surface area contributed by atoms with E-state index in [1.54, 1.807) is 0 Å². The summed E-state index contributed by atoms with van der Waals surface area (Å²) in [5.41, 5.74) is 2.56. The number of hydrogen-bond donors (Lipinski definition) is 1. The zero-order valence-electron chi connectivity index (χ0n) is 11.0. The van der Waals surface area contributed by atoms with Crippen molar-refractivity contribution in [2.24, 2.45) is 0 Å². The third kappa shape index (κ3) is 3.58. The molecule has 0 aromatic carbocycles. The van der Waals surface area contributed by atoms with Gasteiger partial charge < -0.3 is 10.2 Å². The third-order valence-corrected chi connectivity index (χ3v) is 3.20. The van der Waals surface area contributed by atoms with Crippen molar-refractivity contribution in [2.45, 2.75) is 32.9 Å². The maximum absolute atomic E-state index is 4.28. The summed E-state index contributed by atoms with van der Waals surface area (Å²) in [6.45, 7) is 8.37. The van der Waals surface area contributed by atoms with Crippen molar-refractivity contribution in [3.8, 4) is 0 Å². The van der Waals surface area contributed by atoms with Crippen LogP contribution in [-0.4, -0.2) is 36.1 Å². The Bertz CT molecular complexity index is 332. The highest BCUT2D eigenvalue weighted by Crippen LogP contribution is 2.09. The Morgan fingerprint density at radius 3 is 2.62 bits per heavy atom. The van der Waals surface area contributed by atoms with E-state index in [0.717, 1.165) is 18.8 Å². The van der Waals surface area contributed by atoms with Crippen molar-refractivity contribution in [3.05, 3.63) is 29.6 Å². The summed E-state index contributed by atoms with van der Waals surface area (Å²) in [6.07, 6.45) is 1.84. The molecule has 16 heavy (non-hydrogen) atoms. The monoisotopic (exact) mass is 221 g/mol. The van der Waals surface area contributed by atoms with Crippen LogP contribution in [0, 0.1) is 6.92 Å². The molecule has 0 saturated carbocycles. The first-order chi connectivity index (χ1) is 7.43. The van der Waals surface area contributed by atoms with Gasteiger partial charge in [0.05, 0.1) is 0 Å². The Kier molecular flexibility index (Phi) is 4.44. The van der Waals surface area contributed by atoms with E-state index in [-0.39, 0.29) is 5.54 Å². The van der Waals surface area contributed by atoms with Crippen molar-refractivity contribution in [1.29, 1.82) is 0 Å². The summed E-state index contributed by atoms with van der Waals surface area (Å²) in [7, 11) is 4.22. The Balaban J connectivity index is 2.45. The second-order valence-corrected chi connectivity index (χ2v) is 5.06. The van der Waals surface area contributed by atoms with E-state index in [1.807, 2.05) is 19.2 Å². The lowest BCUT2D eigenvalue weighted by atomic mass is 10.0. The molecule has 0 aliphatic carbocycles. The second kappa shape index (κ2) is 5.41. The topological polar surface area (TPSA) is 28.2 Å². The van der Waals surface area contributed by atoms with Crippen LogP contribution in [0.5, 0.6) is 0 Å². The normalized spacial score (nSPS) is 12.1. The van der Waals surface area contributed by atoms with Crippen LogP contribution in [0.2, 0.25) is 0 Å². The van der Waals surface area contributed by atoms with E-state index >= 15 is 0 Å². The highest BCUT2D eigenvalue weighted by molar-refractivity contribution is 5.17. The number of rotatable bonds is 5. The van der Waals surface area contributed by atoms with Crippen LogP contribution >= 0.6 is 0 Å². The molecular weight excluding hydrogens is 198 g/mol. The van der Waals surface area contributed by atoms with Gasteiger partial charge in [-0.15, -0.1) is 0 Å². The predicted molar refractivity (Wildman–Crippen MR) is 68.4 cm³/mol. The van der Waals surface area contributed by atoms with Gasteiger partial charge in [-0.25, -0.2) is 0 Å². The Labute approximate surface area is 98.9 Å². The van der Waals surface area contributed by atoms with E-state index in [4.69, 9.17) is 0 Å². The van der Waals surface area contributed by atoms with Crippen LogP contribution in [0.15, 0.2) is 18.3 Å². The van der Waals surface area contributed by atoms with Gasteiger partial charge in [-0.05, 0) is 46.5 Å². The second-order valence-electron chi connectivity index (χ2n) is 5.06. The molecule has 0 radical (unpaired) electrons. The minimum absolute atomic E-state index is 0.177. The molecule has 0 aliphatic rings. The number of aryl methyl sites for hydroxylation is 1. The molecule has 1 aromatic rings. The zero-order valence-corrected chi connectivity index (χ0v) is 11.0. The Hall–Kier alpha value is -0.930. The summed E-state index contributed by atoms with van der Waals surface area (Å²) in [5, 5.41) is 3.48. The molecule has 1 N–H and O–H groups in total. The molecule has 0 amide bonds. The molecule has 0 bridgehead atoms. The first-order valence-corrected chi connectivity index (χ1v) is 5.72. The Morgan fingerprint density at radius 1 is 1.38 bits per heavy atom. The minimum Gasteiger partial charge on any atom is -0.311 e. The molecule has 1 heterocycles. The first-order valence-electron chi connectivity index (χ1n) is 5.72. The number of hydrogen-bond acceptors (Lipinski definition) is 3. The summed E-state index contributed by atoms with van der Waals surface area (Å²) in [5.74, 6) is 0. The fourth-order valence-corrected chi connectivity index (χ4v) is 1.37. The summed E-state index contributed by atoms with van der Waals surface area (Å²) < 4.78 is 0. The lowest BCUT2D eigenvalue weighted by Gasteiger charge is -2.32. The van der Waals surface area contributed by atoms with Gasteiger partial charge in [0, 0.05) is 30.5 Å². The quantitative estimate of drug-likeness (QED) is 0.822. The highest BCUT2D eigenvalue weighted by Gasteiger charge is 2.19. The van der Waals surface area contributed by atoms with Crippen molar-refractivity contribution < 1.29 is 0 Å². The van der Waals surface area contributed by atoms with Gasteiger partial charge in [-0.2, -0.15) is 0 Å². The average molecular weight is 221 g/mol. The maximum atomic E-state index is 4.28. The number of nitrogens with one attached hydrogen (secondary N) is 1. The summed E-state index contributed by atoms with van der Waals surface area (Å²) >= 11 is 0. The van der Waals surface area contributed by atoms with Gasteiger partial charge in [0.1, 0.15) is 0 Å². The fourth-order valence-electron chi connectivity index (χ4n) is 1.37. The van der Waals surface area contributed by atoms with E-state index in [2.05, 4.69) is 49.2 Å². The highest BCUT2D eigenvalue weighted by atomic mass is 15.2. The van der Waals surface area contributed by atoms with Crippen molar-refractivity contribution >= 4 is 0 Å². The SMILES string of the molecule is Cc1ncccc1CNCC(C)(C)N(C)C. The van der Waals surface area contributed by atoms with Gasteiger partial charge in [-0.1, -0.05) is 6.07 Å². The van der Waals surface area contributed by atoms with Crippen LogP contribution in [0.4, 0.5) is 0 Å². The van der Waals surface area contributed by atoms with E-state index < -0.39 is 0 Å². The molecule has 0 atom stereocenters. The van der Waals surface area contributed by atoms with Gasteiger partial charge in [0.25, 0.3) is 0 Å². The maximum Gasteiger partial charge on any atom is 0.0417 e. The zero-order chi connectivity index (χ0) is 12.2. The van der Waals surface area contributed by atoms with Gasteiger partial charge in [0.15, 0.2) is 0 Å². The molecule has 0 aliphatic heterocycles. The molecule has 3 nitrogen and oxygen atoms in total. The molecule has 0 unspecified atom stereocenters. The molecular formula is C13H23N3. The van der Waals surface area contributed by atoms with Crippen molar-refractivity contribution in [2.75, 3.05) is 20.6 Å². The lowest BCUT2D eigenvalue weighted by molar-refractivity contribution is 0.189. The van der Waals surface area contributed by atoms with E-state index in [9.17, 15) is 0 Å². The Morgan fingerprint density at radius 2 is 2.06 bits per heavy atom. The summed E-state index contributed by atoms with van der Waals surface area (Å²) in [6, 6.07) is 4.11. The van der Waals surface area contributed by atoms with Crippen molar-refractivity contribution in [3.63, 3.8) is 0 Å². The third-order valence-electron chi connectivity index (χ3n) is 3.20. The predicted octanol–water partition coefficient (Wildman–Crippen LogP) is 1.82. The van der Waals surface area contributed by atoms with Gasteiger partial charge >= 0.3 is 0 Å². The van der Waals surface area contributed by atoms with Gasteiger partial charge in [0.2, 0.25) is 0 Å². The lowest BCUT2D eigenvalue weighted by Crippen LogP contribution is -2.46. The molecule has 3 heteroatoms. The molecule has 90 valence electrons. The van der Waals surface area contributed by atoms with Crippen LogP contribution in [0.1, 0.15) is 25.1 Å². The largest absolute Gasteiger partial charge is 0.311 e. The number of pyridine rings is 1. The first kappa shape index (κ1) is 13.1. The smallest absolute Gasteiger partial charge is 0.0417 e. The molecule has 0 saturated heterocycles. The number of aromatic nitrogens is 1. The molecule has 1 rings (SSSR count). The van der Waals surface area contributed by atoms with E-state index in [0.29, 0.717) is 0 Å². The van der Waals surface area contributed by atoms with Crippen LogP contribution in [0.25, 0.3) is 0 Å². The molecule has 0 fully saturated rings. The number of likely N-dealkylation sites (N-methyl/N-ethyl adjacent to an activating group) is 1. The number of nitrogens with zero attached hydrogens (tertiary/aromatic N) is 2. The van der Waals surface area contributed by atoms with E-state index in [1.165, 1.54) is 5.56 Å². The molecule has 0 spiro atoms. The standard InChI is InChI=1S/C13H23N3/c1-11-12(7-6-8-15-11)9-14-10-13(2,3)16(4)5/h6-8,14H,9-10H2,1-5H3.